The van der Waals surface area contributed by atoms with Gasteiger partial charge in [0.05, 0.1) is 10.0 Å². The Balaban J connectivity index is 3.56. The molecule has 0 bridgehead atoms. The number of carbonyl (C=O) groups excluding carboxylic acids is 1. The highest BCUT2D eigenvalue weighted by atomic mass is 79.9. The van der Waals surface area contributed by atoms with E-state index in [1.54, 1.807) is 0 Å². The van der Waals surface area contributed by atoms with Crippen molar-refractivity contribution in [3.8, 4) is 5.75 Å². The van der Waals surface area contributed by atoms with Gasteiger partial charge >= 0.3 is 0 Å². The van der Waals surface area contributed by atoms with Gasteiger partial charge in [0.2, 0.25) is 0 Å². The third-order valence-corrected chi connectivity index (χ3v) is 2.10. The van der Waals surface area contributed by atoms with E-state index in [1.807, 2.05) is 0 Å². The van der Waals surface area contributed by atoms with E-state index in [0.717, 1.165) is 13.0 Å². The van der Waals surface area contributed by atoms with Crippen molar-refractivity contribution in [3.05, 3.63) is 27.7 Å². The van der Waals surface area contributed by atoms with E-state index < -0.39 is 28.7 Å². The molecule has 1 rings (SSSR count). The lowest BCUT2D eigenvalue weighted by Gasteiger charge is -2.04. The average molecular weight is 251 g/mol. The fourth-order valence-electron chi connectivity index (χ4n) is 0.907. The van der Waals surface area contributed by atoms with E-state index in [2.05, 4.69) is 15.9 Å². The second-order valence-corrected chi connectivity index (χ2v) is 3.29. The number of benzene rings is 1. The molecular weight excluding hydrogens is 246 g/mol. The molecule has 0 saturated heterocycles. The quantitative estimate of drug-likeness (QED) is 0.615. The molecule has 0 aliphatic rings. The van der Waals surface area contributed by atoms with Crippen molar-refractivity contribution in [2.75, 3.05) is 0 Å². The molecule has 1 N–H and O–H groups in total. The highest BCUT2D eigenvalue weighted by molar-refractivity contribution is 9.10. The van der Waals surface area contributed by atoms with Gasteiger partial charge in [0, 0.05) is 0 Å². The number of halogens is 3. The molecule has 0 atom stereocenters. The van der Waals surface area contributed by atoms with Crippen LogP contribution in [0, 0.1) is 11.6 Å². The van der Waals surface area contributed by atoms with Gasteiger partial charge in [0.1, 0.15) is 5.75 Å². The Morgan fingerprint density at radius 3 is 2.54 bits per heavy atom. The molecule has 1 aromatic carbocycles. The zero-order valence-electron chi connectivity index (χ0n) is 6.57. The lowest BCUT2D eigenvalue weighted by molar-refractivity contribution is 0.101. The number of Topliss-reactive ketones (excluding diaryl/α,β-unsaturated/α-hetero) is 1. The molecule has 1 aromatic rings. The molecule has 70 valence electrons. The second kappa shape index (κ2) is 3.41. The first-order chi connectivity index (χ1) is 5.95. The van der Waals surface area contributed by atoms with Gasteiger partial charge in [-0.3, -0.25) is 4.79 Å². The molecule has 5 heteroatoms. The van der Waals surface area contributed by atoms with Crippen molar-refractivity contribution in [3.63, 3.8) is 0 Å². The van der Waals surface area contributed by atoms with Crippen molar-refractivity contribution < 1.29 is 18.7 Å². The summed E-state index contributed by atoms with van der Waals surface area (Å²) in [5.74, 6) is -3.80. The summed E-state index contributed by atoms with van der Waals surface area (Å²) in [5.41, 5.74) is -0.633. The summed E-state index contributed by atoms with van der Waals surface area (Å²) in [6.45, 7) is 1.05. The van der Waals surface area contributed by atoms with Crippen LogP contribution >= 0.6 is 15.9 Å². The zero-order valence-corrected chi connectivity index (χ0v) is 8.15. The molecule has 0 aliphatic heterocycles. The van der Waals surface area contributed by atoms with Gasteiger partial charge < -0.3 is 5.11 Å². The summed E-state index contributed by atoms with van der Waals surface area (Å²) in [6, 6.07) is 0.761. The summed E-state index contributed by atoms with van der Waals surface area (Å²) in [6.07, 6.45) is 0. The molecule has 0 amide bonds. The molecule has 0 fully saturated rings. The average Bonchev–Trinajstić information content (AvgIpc) is 2.01. The van der Waals surface area contributed by atoms with Gasteiger partial charge in [0.15, 0.2) is 17.4 Å². The minimum atomic E-state index is -1.33. The largest absolute Gasteiger partial charge is 0.506 e. The fourth-order valence-corrected chi connectivity index (χ4v) is 1.31. The highest BCUT2D eigenvalue weighted by Gasteiger charge is 2.19. The number of rotatable bonds is 1. The van der Waals surface area contributed by atoms with Crippen molar-refractivity contribution in [2.45, 2.75) is 6.92 Å². The molecular formula is C8H5BrF2O2. The van der Waals surface area contributed by atoms with Crippen LogP contribution in [0.15, 0.2) is 10.5 Å². The minimum Gasteiger partial charge on any atom is -0.506 e. The Hall–Kier alpha value is -0.970. The second-order valence-electron chi connectivity index (χ2n) is 2.43. The molecule has 2 nitrogen and oxygen atoms in total. The number of phenolic OH excluding ortho intramolecular Hbond substituents is 1. The van der Waals surface area contributed by atoms with Gasteiger partial charge in [-0.15, -0.1) is 0 Å². The van der Waals surface area contributed by atoms with Crippen molar-refractivity contribution in [1.82, 2.24) is 0 Å². The number of hydrogen-bond donors (Lipinski definition) is 1. The Morgan fingerprint density at radius 2 is 2.08 bits per heavy atom. The van der Waals surface area contributed by atoms with Crippen molar-refractivity contribution in [1.29, 1.82) is 0 Å². The van der Waals surface area contributed by atoms with Gasteiger partial charge in [0.25, 0.3) is 0 Å². The lowest BCUT2D eigenvalue weighted by atomic mass is 10.1. The summed E-state index contributed by atoms with van der Waals surface area (Å²) in [7, 11) is 0. The molecule has 0 radical (unpaired) electrons. The van der Waals surface area contributed by atoms with Gasteiger partial charge in [-0.05, 0) is 28.9 Å². The smallest absolute Gasteiger partial charge is 0.173 e. The van der Waals surface area contributed by atoms with Crippen LogP contribution in [0.1, 0.15) is 17.3 Å². The Morgan fingerprint density at radius 1 is 1.54 bits per heavy atom. The number of phenols is 1. The maximum atomic E-state index is 12.9. The third kappa shape index (κ3) is 1.70. The minimum absolute atomic E-state index is 0.0448. The van der Waals surface area contributed by atoms with E-state index in [9.17, 15) is 18.7 Å². The van der Waals surface area contributed by atoms with Crippen LogP contribution in [0.3, 0.4) is 0 Å². The molecule has 0 aromatic heterocycles. The first kappa shape index (κ1) is 10.1. The van der Waals surface area contributed by atoms with Crippen molar-refractivity contribution >= 4 is 21.7 Å². The number of ketones is 1. The molecule has 0 aliphatic carbocycles. The van der Waals surface area contributed by atoms with Gasteiger partial charge in [-0.2, -0.15) is 0 Å². The Kier molecular flexibility index (Phi) is 2.66. The van der Waals surface area contributed by atoms with E-state index in [0.29, 0.717) is 0 Å². The zero-order chi connectivity index (χ0) is 10.2. The molecule has 0 unspecified atom stereocenters. The van der Waals surface area contributed by atoms with Crippen LogP contribution in [0.25, 0.3) is 0 Å². The predicted octanol–water partition coefficient (Wildman–Crippen LogP) is 2.64. The van der Waals surface area contributed by atoms with E-state index in [1.165, 1.54) is 0 Å². The maximum Gasteiger partial charge on any atom is 0.173 e. The van der Waals surface area contributed by atoms with Crippen LogP contribution in [0.2, 0.25) is 0 Å². The molecule has 0 spiro atoms. The standard InChI is InChI=1S/C8H5BrF2O2/c1-3(12)6-7(11)5(10)2-4(9)8(6)13/h2,13H,1H3. The Labute approximate surface area is 81.3 Å². The summed E-state index contributed by atoms with van der Waals surface area (Å²) in [4.78, 5) is 10.8. The first-order valence-electron chi connectivity index (χ1n) is 3.32. The maximum absolute atomic E-state index is 12.9. The SMILES string of the molecule is CC(=O)c1c(O)c(Br)cc(F)c1F. The first-order valence-corrected chi connectivity index (χ1v) is 4.12. The highest BCUT2D eigenvalue weighted by Crippen LogP contribution is 2.31. The Bertz CT molecular complexity index is 351. The van der Waals surface area contributed by atoms with Crippen LogP contribution in [0.5, 0.6) is 5.75 Å². The van der Waals surface area contributed by atoms with E-state index >= 15 is 0 Å². The van der Waals surface area contributed by atoms with Crippen LogP contribution < -0.4 is 0 Å². The molecule has 0 saturated carbocycles. The number of aromatic hydroxyl groups is 1. The van der Waals surface area contributed by atoms with Gasteiger partial charge in [-0.1, -0.05) is 0 Å². The van der Waals surface area contributed by atoms with Crippen LogP contribution in [0.4, 0.5) is 8.78 Å². The van der Waals surface area contributed by atoms with E-state index in [-0.39, 0.29) is 4.47 Å². The third-order valence-electron chi connectivity index (χ3n) is 1.50. The fraction of sp³-hybridized carbons (Fsp3) is 0.125. The summed E-state index contributed by atoms with van der Waals surface area (Å²) >= 11 is 2.79. The van der Waals surface area contributed by atoms with E-state index in [4.69, 9.17) is 0 Å². The summed E-state index contributed by atoms with van der Waals surface area (Å²) in [5, 5.41) is 9.20. The lowest BCUT2D eigenvalue weighted by Crippen LogP contribution is -2.01. The summed E-state index contributed by atoms with van der Waals surface area (Å²) < 4.78 is 25.6. The monoisotopic (exact) mass is 250 g/mol. The predicted molar refractivity (Wildman–Crippen MR) is 45.7 cm³/mol. The van der Waals surface area contributed by atoms with Crippen LogP contribution in [-0.4, -0.2) is 10.9 Å². The number of carbonyl (C=O) groups is 1. The van der Waals surface area contributed by atoms with Gasteiger partial charge in [-0.25, -0.2) is 8.78 Å². The number of hydrogen-bond acceptors (Lipinski definition) is 2. The topological polar surface area (TPSA) is 37.3 Å². The van der Waals surface area contributed by atoms with Crippen LogP contribution in [-0.2, 0) is 0 Å². The normalized spacial score (nSPS) is 10.2. The van der Waals surface area contributed by atoms with Crippen molar-refractivity contribution in [2.24, 2.45) is 0 Å². The molecule has 0 heterocycles. The molecule has 13 heavy (non-hydrogen) atoms.